The first-order valence-electron chi connectivity index (χ1n) is 7.90. The maximum absolute atomic E-state index is 12.5. The molecule has 0 fully saturated rings. The van der Waals surface area contributed by atoms with Crippen LogP contribution in [0.3, 0.4) is 0 Å². The van der Waals surface area contributed by atoms with Crippen LogP contribution in [0.2, 0.25) is 0 Å². The smallest absolute Gasteiger partial charge is 0.341 e. The Bertz CT molecular complexity index is 785. The van der Waals surface area contributed by atoms with Crippen LogP contribution in [-0.4, -0.2) is 19.0 Å². The fourth-order valence-corrected chi connectivity index (χ4v) is 4.63. The Morgan fingerprint density at radius 2 is 2.00 bits per heavy atom. The minimum absolute atomic E-state index is 0.224. The molecule has 0 aliphatic heterocycles. The van der Waals surface area contributed by atoms with Crippen molar-refractivity contribution < 1.29 is 14.3 Å². The second-order valence-electron chi connectivity index (χ2n) is 5.72. The second-order valence-corrected chi connectivity index (χ2v) is 7.75. The van der Waals surface area contributed by atoms with Gasteiger partial charge in [-0.3, -0.25) is 4.79 Å². The molecule has 0 atom stereocenters. The van der Waals surface area contributed by atoms with Gasteiger partial charge in [0.05, 0.1) is 12.7 Å². The molecule has 1 amide bonds. The average molecular weight is 408 g/mol. The molecule has 0 spiro atoms. The van der Waals surface area contributed by atoms with E-state index in [1.54, 1.807) is 12.1 Å². The number of aryl methyl sites for hydroxylation is 1. The number of rotatable bonds is 3. The molecular weight excluding hydrogens is 390 g/mol. The Labute approximate surface area is 153 Å². The van der Waals surface area contributed by atoms with Crippen LogP contribution in [0.4, 0.5) is 5.00 Å². The lowest BCUT2D eigenvalue weighted by Crippen LogP contribution is -2.14. The van der Waals surface area contributed by atoms with Crippen molar-refractivity contribution >= 4 is 44.1 Å². The monoisotopic (exact) mass is 407 g/mol. The third-order valence-electron chi connectivity index (χ3n) is 4.12. The van der Waals surface area contributed by atoms with Gasteiger partial charge in [-0.1, -0.05) is 28.4 Å². The summed E-state index contributed by atoms with van der Waals surface area (Å²) in [5.41, 5.74) is 2.13. The van der Waals surface area contributed by atoms with Crippen LogP contribution in [0.25, 0.3) is 0 Å². The highest BCUT2D eigenvalue weighted by molar-refractivity contribution is 9.10. The molecule has 0 radical (unpaired) electrons. The molecule has 0 unspecified atom stereocenters. The number of carbonyl (C=O) groups excluding carboxylic acids is 2. The highest BCUT2D eigenvalue weighted by Gasteiger charge is 2.26. The molecule has 0 saturated carbocycles. The highest BCUT2D eigenvalue weighted by atomic mass is 79.9. The van der Waals surface area contributed by atoms with Gasteiger partial charge in [0.25, 0.3) is 5.91 Å². The SMILES string of the molecule is COC(=O)c1c(NC(=O)c2cccc(Br)c2)sc2c1CCCCC2. The molecule has 24 heavy (non-hydrogen) atoms. The van der Waals surface area contributed by atoms with Crippen LogP contribution in [-0.2, 0) is 17.6 Å². The fraction of sp³-hybridized carbons (Fsp3) is 0.333. The van der Waals surface area contributed by atoms with Crippen LogP contribution >= 0.6 is 27.3 Å². The van der Waals surface area contributed by atoms with E-state index in [4.69, 9.17) is 4.74 Å². The molecule has 1 heterocycles. The van der Waals surface area contributed by atoms with Crippen molar-refractivity contribution in [3.8, 4) is 0 Å². The Morgan fingerprint density at radius 1 is 1.21 bits per heavy atom. The van der Waals surface area contributed by atoms with Crippen LogP contribution in [0, 0.1) is 0 Å². The van der Waals surface area contributed by atoms with Crippen molar-refractivity contribution in [2.45, 2.75) is 32.1 Å². The second kappa shape index (κ2) is 7.49. The molecule has 2 aromatic rings. The molecule has 1 aliphatic rings. The first-order chi connectivity index (χ1) is 11.6. The van der Waals surface area contributed by atoms with E-state index in [-0.39, 0.29) is 11.9 Å². The lowest BCUT2D eigenvalue weighted by Gasteiger charge is -2.07. The Kier molecular flexibility index (Phi) is 5.36. The molecule has 1 aliphatic carbocycles. The molecule has 1 N–H and O–H groups in total. The summed E-state index contributed by atoms with van der Waals surface area (Å²) in [5.74, 6) is -0.600. The highest BCUT2D eigenvalue weighted by Crippen LogP contribution is 2.38. The first kappa shape index (κ1) is 17.2. The van der Waals surface area contributed by atoms with Gasteiger partial charge in [0.2, 0.25) is 0 Å². The number of carbonyl (C=O) groups is 2. The third kappa shape index (κ3) is 3.54. The minimum Gasteiger partial charge on any atom is -0.465 e. The summed E-state index contributed by atoms with van der Waals surface area (Å²) in [6.45, 7) is 0. The quantitative estimate of drug-likeness (QED) is 0.585. The summed E-state index contributed by atoms with van der Waals surface area (Å²) in [5, 5.41) is 3.50. The number of esters is 1. The molecular formula is C18H18BrNO3S. The zero-order valence-electron chi connectivity index (χ0n) is 13.4. The minimum atomic E-state index is -0.376. The number of ether oxygens (including phenoxy) is 1. The predicted molar refractivity (Wildman–Crippen MR) is 99.0 cm³/mol. The molecule has 126 valence electrons. The Morgan fingerprint density at radius 3 is 2.75 bits per heavy atom. The van der Waals surface area contributed by atoms with E-state index in [1.165, 1.54) is 29.7 Å². The topological polar surface area (TPSA) is 55.4 Å². The number of fused-ring (bicyclic) bond motifs is 1. The van der Waals surface area contributed by atoms with Crippen molar-refractivity contribution in [2.24, 2.45) is 0 Å². The summed E-state index contributed by atoms with van der Waals surface area (Å²) in [4.78, 5) is 26.0. The lowest BCUT2D eigenvalue weighted by atomic mass is 10.1. The van der Waals surface area contributed by atoms with Gasteiger partial charge in [-0.05, 0) is 49.4 Å². The summed E-state index contributed by atoms with van der Waals surface area (Å²) < 4.78 is 5.80. The zero-order chi connectivity index (χ0) is 17.1. The molecule has 4 nitrogen and oxygen atoms in total. The van der Waals surface area contributed by atoms with Gasteiger partial charge >= 0.3 is 5.97 Å². The summed E-state index contributed by atoms with van der Waals surface area (Å²) in [6.07, 6.45) is 5.17. The largest absolute Gasteiger partial charge is 0.465 e. The lowest BCUT2D eigenvalue weighted by molar-refractivity contribution is 0.0601. The van der Waals surface area contributed by atoms with E-state index in [0.29, 0.717) is 16.1 Å². The maximum atomic E-state index is 12.5. The molecule has 1 aromatic carbocycles. The van der Waals surface area contributed by atoms with Crippen molar-refractivity contribution in [1.29, 1.82) is 0 Å². The van der Waals surface area contributed by atoms with Gasteiger partial charge in [0, 0.05) is 14.9 Å². The molecule has 6 heteroatoms. The first-order valence-corrected chi connectivity index (χ1v) is 9.51. The Hall–Kier alpha value is -1.66. The van der Waals surface area contributed by atoms with E-state index in [2.05, 4.69) is 21.2 Å². The van der Waals surface area contributed by atoms with Gasteiger partial charge in [0.15, 0.2) is 0 Å². The van der Waals surface area contributed by atoms with Gasteiger partial charge in [-0.15, -0.1) is 11.3 Å². The van der Waals surface area contributed by atoms with Gasteiger partial charge < -0.3 is 10.1 Å². The molecule has 3 rings (SSSR count). The van der Waals surface area contributed by atoms with Gasteiger partial charge in [-0.25, -0.2) is 4.79 Å². The van der Waals surface area contributed by atoms with Crippen molar-refractivity contribution in [3.63, 3.8) is 0 Å². The van der Waals surface area contributed by atoms with E-state index in [1.807, 2.05) is 12.1 Å². The van der Waals surface area contributed by atoms with E-state index in [0.717, 1.165) is 35.7 Å². The molecule has 0 saturated heterocycles. The number of hydrogen-bond acceptors (Lipinski definition) is 4. The third-order valence-corrected chi connectivity index (χ3v) is 5.83. The number of amides is 1. The normalized spacial score (nSPS) is 13.8. The fourth-order valence-electron chi connectivity index (χ4n) is 2.95. The number of nitrogens with one attached hydrogen (secondary N) is 1. The Balaban J connectivity index is 1.95. The predicted octanol–water partition coefficient (Wildman–Crippen LogP) is 4.82. The van der Waals surface area contributed by atoms with E-state index < -0.39 is 0 Å². The van der Waals surface area contributed by atoms with E-state index in [9.17, 15) is 9.59 Å². The maximum Gasteiger partial charge on any atom is 0.341 e. The number of anilines is 1. The summed E-state index contributed by atoms with van der Waals surface area (Å²) >= 11 is 4.87. The number of benzene rings is 1. The van der Waals surface area contributed by atoms with E-state index >= 15 is 0 Å². The number of hydrogen-bond donors (Lipinski definition) is 1. The average Bonchev–Trinajstić information content (AvgIpc) is 2.75. The number of thiophene rings is 1. The van der Waals surface area contributed by atoms with Gasteiger partial charge in [0.1, 0.15) is 5.00 Å². The summed E-state index contributed by atoms with van der Waals surface area (Å²) in [7, 11) is 1.38. The van der Waals surface area contributed by atoms with Crippen LogP contribution in [0.1, 0.15) is 50.4 Å². The van der Waals surface area contributed by atoms with Crippen molar-refractivity contribution in [3.05, 3.63) is 50.3 Å². The standard InChI is InChI=1S/C18H18BrNO3S/c1-23-18(22)15-13-8-3-2-4-9-14(13)24-17(15)20-16(21)11-6-5-7-12(19)10-11/h5-7,10H,2-4,8-9H2,1H3,(H,20,21). The number of methoxy groups -OCH3 is 1. The van der Waals surface area contributed by atoms with Crippen LogP contribution in [0.15, 0.2) is 28.7 Å². The molecule has 0 bridgehead atoms. The number of halogens is 1. The molecule has 1 aromatic heterocycles. The zero-order valence-corrected chi connectivity index (χ0v) is 15.8. The van der Waals surface area contributed by atoms with Crippen LogP contribution in [0.5, 0.6) is 0 Å². The van der Waals surface area contributed by atoms with Gasteiger partial charge in [-0.2, -0.15) is 0 Å². The van der Waals surface area contributed by atoms with Crippen molar-refractivity contribution in [1.82, 2.24) is 0 Å². The summed E-state index contributed by atoms with van der Waals surface area (Å²) in [6, 6.07) is 7.18. The van der Waals surface area contributed by atoms with Crippen molar-refractivity contribution in [2.75, 3.05) is 12.4 Å². The van der Waals surface area contributed by atoms with Crippen LogP contribution < -0.4 is 5.32 Å².